The van der Waals surface area contributed by atoms with Gasteiger partial charge in [0.2, 0.25) is 10.0 Å². The number of ether oxygens (including phenoxy) is 2. The van der Waals surface area contributed by atoms with Crippen LogP contribution in [0.2, 0.25) is 5.21 Å². The Labute approximate surface area is 176 Å². The van der Waals surface area contributed by atoms with Crippen LogP contribution in [0.15, 0.2) is 24.3 Å². The zero-order valence-corrected chi connectivity index (χ0v) is 17.7. The van der Waals surface area contributed by atoms with E-state index in [2.05, 4.69) is 9.62 Å². The fraction of sp³-hybridized carbons (Fsp3) is 0.700. The van der Waals surface area contributed by atoms with E-state index in [-0.39, 0.29) is 24.1 Å². The third kappa shape index (κ3) is 4.84. The van der Waals surface area contributed by atoms with E-state index in [4.69, 9.17) is 25.2 Å². The first-order chi connectivity index (χ1) is 13.7. The predicted molar refractivity (Wildman–Crippen MR) is 114 cm³/mol. The van der Waals surface area contributed by atoms with Gasteiger partial charge in [-0.15, -0.1) is 0 Å². The van der Waals surface area contributed by atoms with E-state index in [0.717, 1.165) is 43.5 Å². The summed E-state index contributed by atoms with van der Waals surface area (Å²) < 4.78 is 39.1. The SMILES string of the molecule is [B]C1([B])C[C@H]2CC[C@@H]1c1ccccc1OCN1CCC[C@H](NS(C)(=O)=O)[C@@H]1CO2. The number of hydrogen-bond acceptors (Lipinski definition) is 5. The molecular weight excluding hydrogens is 386 g/mol. The van der Waals surface area contributed by atoms with Gasteiger partial charge in [-0.05, 0) is 49.7 Å². The molecule has 1 aromatic carbocycles. The fourth-order valence-corrected chi connectivity index (χ4v) is 5.88. The highest BCUT2D eigenvalue weighted by Gasteiger charge is 2.40. The largest absolute Gasteiger partial charge is 0.478 e. The van der Waals surface area contributed by atoms with Gasteiger partial charge in [-0.1, -0.05) is 23.4 Å². The van der Waals surface area contributed by atoms with E-state index < -0.39 is 15.2 Å². The minimum Gasteiger partial charge on any atom is -0.478 e. The lowest BCUT2D eigenvalue weighted by Crippen LogP contribution is -2.58. The first kappa shape index (κ1) is 21.2. The van der Waals surface area contributed by atoms with E-state index >= 15 is 0 Å². The average molecular weight is 414 g/mol. The normalized spacial score (nSPS) is 32.9. The van der Waals surface area contributed by atoms with Gasteiger partial charge in [-0.3, -0.25) is 4.90 Å². The Balaban J connectivity index is 1.65. The Kier molecular flexibility index (Phi) is 6.04. The van der Waals surface area contributed by atoms with Crippen molar-refractivity contribution >= 4 is 25.7 Å². The highest BCUT2D eigenvalue weighted by Crippen LogP contribution is 2.51. The third-order valence-corrected chi connectivity index (χ3v) is 7.18. The monoisotopic (exact) mass is 414 g/mol. The molecular formula is C20H28B2N2O4S. The van der Waals surface area contributed by atoms with Crippen molar-refractivity contribution in [2.24, 2.45) is 0 Å². The molecule has 1 aromatic rings. The summed E-state index contributed by atoms with van der Waals surface area (Å²) in [5, 5.41) is -0.877. The predicted octanol–water partition coefficient (Wildman–Crippen LogP) is 1.52. The molecule has 4 aliphatic rings. The van der Waals surface area contributed by atoms with Crippen molar-refractivity contribution in [1.29, 1.82) is 0 Å². The van der Waals surface area contributed by atoms with Crippen molar-refractivity contribution in [2.45, 2.75) is 61.4 Å². The zero-order valence-electron chi connectivity index (χ0n) is 16.9. The molecule has 0 unspecified atom stereocenters. The number of fused-ring (bicyclic) bond motifs is 4. The second kappa shape index (κ2) is 8.25. The van der Waals surface area contributed by atoms with E-state index in [9.17, 15) is 8.42 Å². The van der Waals surface area contributed by atoms with Crippen LogP contribution in [-0.2, 0) is 14.8 Å². The van der Waals surface area contributed by atoms with Gasteiger partial charge in [0, 0.05) is 12.6 Å². The molecule has 0 aromatic heterocycles. The summed E-state index contributed by atoms with van der Waals surface area (Å²) in [6, 6.07) is 7.64. The standard InChI is InChI=1S/C20H28B2N2O4S/c1-29(25,26)23-17-6-4-10-24-13-28-19-7-3-2-5-15(19)16-9-8-14(11-20(16,21)22)27-12-18(17)24/h2-3,5,7,14,16-18,23H,4,6,8-13H2,1H3/t14-,16-,17+,18+/m1/s1. The topological polar surface area (TPSA) is 67.9 Å². The highest BCUT2D eigenvalue weighted by atomic mass is 32.2. The van der Waals surface area contributed by atoms with E-state index in [1.807, 2.05) is 24.3 Å². The molecule has 4 atom stereocenters. The molecule has 0 amide bonds. The quantitative estimate of drug-likeness (QED) is 0.744. The Bertz CT molecular complexity index is 836. The van der Waals surface area contributed by atoms with E-state index in [1.165, 1.54) is 6.26 Å². The number of piperidine rings is 1. The molecule has 1 aliphatic carbocycles. The van der Waals surface area contributed by atoms with Crippen LogP contribution in [0.4, 0.5) is 0 Å². The number of sulfonamides is 1. The number of nitrogens with one attached hydrogen (secondary N) is 1. The van der Waals surface area contributed by atoms with Crippen LogP contribution in [-0.4, -0.2) is 73.3 Å². The summed E-state index contributed by atoms with van der Waals surface area (Å²) in [4.78, 5) is 2.18. The van der Waals surface area contributed by atoms with Gasteiger partial charge in [0.25, 0.3) is 0 Å². The Morgan fingerprint density at radius 1 is 1.21 bits per heavy atom. The molecule has 154 valence electrons. The number of nitrogens with zero attached hydrogens (tertiary/aromatic N) is 1. The molecule has 2 bridgehead atoms. The first-order valence-corrected chi connectivity index (χ1v) is 12.2. The molecule has 0 spiro atoms. The van der Waals surface area contributed by atoms with Gasteiger partial charge in [0.05, 0.1) is 40.7 Å². The maximum Gasteiger partial charge on any atom is 0.209 e. The van der Waals surface area contributed by atoms with Crippen LogP contribution in [0.1, 0.15) is 43.6 Å². The van der Waals surface area contributed by atoms with Crippen molar-refractivity contribution < 1.29 is 17.9 Å². The minimum absolute atomic E-state index is 0.00905. The second-order valence-corrected chi connectivity index (χ2v) is 10.5. The smallest absolute Gasteiger partial charge is 0.209 e. The summed E-state index contributed by atoms with van der Waals surface area (Å²) in [6.07, 6.45) is 5.10. The first-order valence-electron chi connectivity index (χ1n) is 10.4. The maximum atomic E-state index is 11.9. The molecule has 5 rings (SSSR count). The average Bonchev–Trinajstić information content (AvgIpc) is 2.63. The molecule has 1 N–H and O–H groups in total. The van der Waals surface area contributed by atoms with Gasteiger partial charge >= 0.3 is 0 Å². The number of benzene rings is 1. The van der Waals surface area contributed by atoms with Crippen LogP contribution in [0.25, 0.3) is 0 Å². The molecule has 29 heavy (non-hydrogen) atoms. The lowest BCUT2D eigenvalue weighted by molar-refractivity contribution is -0.0493. The third-order valence-electron chi connectivity index (χ3n) is 6.45. The molecule has 3 heterocycles. The van der Waals surface area contributed by atoms with Gasteiger partial charge < -0.3 is 9.47 Å². The fourth-order valence-electron chi connectivity index (χ4n) is 5.06. The van der Waals surface area contributed by atoms with Crippen LogP contribution in [0.3, 0.4) is 0 Å². The Morgan fingerprint density at radius 2 is 2.00 bits per heavy atom. The summed E-state index contributed by atoms with van der Waals surface area (Å²) in [6.45, 7) is 1.63. The minimum atomic E-state index is -3.32. The van der Waals surface area contributed by atoms with Gasteiger partial charge in [0.1, 0.15) is 12.5 Å². The Hall–Kier alpha value is -1.02. The molecule has 2 fully saturated rings. The van der Waals surface area contributed by atoms with Crippen molar-refractivity contribution in [2.75, 3.05) is 26.1 Å². The van der Waals surface area contributed by atoms with Crippen molar-refractivity contribution in [3.63, 3.8) is 0 Å². The molecule has 6 nitrogen and oxygen atoms in total. The molecule has 1 saturated heterocycles. The Morgan fingerprint density at radius 3 is 2.76 bits per heavy atom. The van der Waals surface area contributed by atoms with Gasteiger partial charge in [-0.2, -0.15) is 0 Å². The van der Waals surface area contributed by atoms with E-state index in [0.29, 0.717) is 19.8 Å². The number of hydrogen-bond donors (Lipinski definition) is 1. The molecule has 1 saturated carbocycles. The van der Waals surface area contributed by atoms with Crippen molar-refractivity contribution in [3.8, 4) is 5.75 Å². The van der Waals surface area contributed by atoms with E-state index in [1.54, 1.807) is 0 Å². The lowest BCUT2D eigenvalue weighted by Gasteiger charge is -2.46. The van der Waals surface area contributed by atoms with Crippen LogP contribution in [0, 0.1) is 0 Å². The highest BCUT2D eigenvalue weighted by molar-refractivity contribution is 7.88. The van der Waals surface area contributed by atoms with Gasteiger partial charge in [0.15, 0.2) is 0 Å². The zero-order chi connectivity index (χ0) is 20.6. The summed E-state index contributed by atoms with van der Waals surface area (Å²) in [7, 11) is 9.76. The summed E-state index contributed by atoms with van der Waals surface area (Å²) in [5.74, 6) is 0.810. The summed E-state index contributed by atoms with van der Waals surface area (Å²) in [5.41, 5.74) is 1.04. The van der Waals surface area contributed by atoms with Crippen molar-refractivity contribution in [3.05, 3.63) is 29.8 Å². The number of para-hydroxylation sites is 1. The van der Waals surface area contributed by atoms with Gasteiger partial charge in [-0.25, -0.2) is 13.1 Å². The molecule has 4 radical (unpaired) electrons. The second-order valence-electron chi connectivity index (χ2n) is 8.73. The van der Waals surface area contributed by atoms with Crippen LogP contribution in [0.5, 0.6) is 5.75 Å². The van der Waals surface area contributed by atoms with Crippen molar-refractivity contribution in [1.82, 2.24) is 9.62 Å². The molecule has 9 heteroatoms. The summed E-state index contributed by atoms with van der Waals surface area (Å²) >= 11 is 0. The number of rotatable bonds is 2. The molecule has 3 aliphatic heterocycles. The van der Waals surface area contributed by atoms with Crippen LogP contribution >= 0.6 is 0 Å². The maximum absolute atomic E-state index is 11.9. The van der Waals surface area contributed by atoms with Crippen LogP contribution < -0.4 is 9.46 Å². The lowest BCUT2D eigenvalue weighted by atomic mass is 9.42.